The average molecular weight is 329 g/mol. The fourth-order valence-corrected chi connectivity index (χ4v) is 2.16. The van der Waals surface area contributed by atoms with Gasteiger partial charge in [0, 0.05) is 4.92 Å². The third kappa shape index (κ3) is 4.38. The molecule has 1 rings (SSSR count). The number of halogens is 1. The molecular formula is C14H16FNO7. The van der Waals surface area contributed by atoms with E-state index in [1.165, 1.54) is 19.2 Å². The van der Waals surface area contributed by atoms with Crippen LogP contribution in [0.2, 0.25) is 0 Å². The van der Waals surface area contributed by atoms with Crippen molar-refractivity contribution >= 4 is 11.9 Å². The van der Waals surface area contributed by atoms with Gasteiger partial charge >= 0.3 is 11.9 Å². The minimum Gasteiger partial charge on any atom is -0.494 e. The second-order valence-corrected chi connectivity index (χ2v) is 4.54. The van der Waals surface area contributed by atoms with Gasteiger partial charge in [0.15, 0.2) is 17.5 Å². The van der Waals surface area contributed by atoms with Crippen LogP contribution in [-0.2, 0) is 19.1 Å². The Morgan fingerprint density at radius 3 is 2.17 bits per heavy atom. The van der Waals surface area contributed by atoms with Crippen LogP contribution in [0.25, 0.3) is 0 Å². The third-order valence-corrected chi connectivity index (χ3v) is 3.26. The number of nitrogens with zero attached hydrogens (tertiary/aromatic N) is 1. The first-order valence-electron chi connectivity index (χ1n) is 6.46. The van der Waals surface area contributed by atoms with Gasteiger partial charge in [-0.15, -0.1) is 0 Å². The zero-order valence-corrected chi connectivity index (χ0v) is 12.8. The normalized spacial score (nSPS) is 11.7. The van der Waals surface area contributed by atoms with Crippen molar-refractivity contribution < 1.29 is 33.1 Å². The van der Waals surface area contributed by atoms with Crippen molar-refractivity contribution in [3.05, 3.63) is 39.7 Å². The van der Waals surface area contributed by atoms with E-state index in [2.05, 4.69) is 9.47 Å². The minimum atomic E-state index is -1.58. The lowest BCUT2D eigenvalue weighted by Crippen LogP contribution is -2.35. The highest BCUT2D eigenvalue weighted by molar-refractivity contribution is 5.96. The van der Waals surface area contributed by atoms with Crippen molar-refractivity contribution in [2.24, 2.45) is 5.92 Å². The van der Waals surface area contributed by atoms with Gasteiger partial charge in [0.2, 0.25) is 6.54 Å². The number of hydrogen-bond donors (Lipinski definition) is 0. The second-order valence-electron chi connectivity index (χ2n) is 4.54. The number of rotatable bonds is 7. The average Bonchev–Trinajstić information content (AvgIpc) is 2.53. The maximum Gasteiger partial charge on any atom is 0.320 e. The van der Waals surface area contributed by atoms with Gasteiger partial charge in [0.25, 0.3) is 0 Å². The van der Waals surface area contributed by atoms with E-state index >= 15 is 0 Å². The molecule has 0 fully saturated rings. The first-order chi connectivity index (χ1) is 10.8. The number of benzene rings is 1. The molecule has 23 heavy (non-hydrogen) atoms. The van der Waals surface area contributed by atoms with Gasteiger partial charge in [-0.3, -0.25) is 19.7 Å². The number of ether oxygens (including phenoxy) is 3. The summed E-state index contributed by atoms with van der Waals surface area (Å²) in [4.78, 5) is 33.9. The summed E-state index contributed by atoms with van der Waals surface area (Å²) >= 11 is 0. The van der Waals surface area contributed by atoms with Crippen LogP contribution in [0, 0.1) is 21.8 Å². The summed E-state index contributed by atoms with van der Waals surface area (Å²) in [6.45, 7) is -0.777. The topological polar surface area (TPSA) is 105 Å². The summed E-state index contributed by atoms with van der Waals surface area (Å²) in [7, 11) is 3.34. The van der Waals surface area contributed by atoms with Crippen molar-refractivity contribution in [2.45, 2.75) is 5.92 Å². The molecule has 0 aliphatic rings. The van der Waals surface area contributed by atoms with Gasteiger partial charge in [-0.1, -0.05) is 6.07 Å². The molecule has 9 heteroatoms. The Kier molecular flexibility index (Phi) is 6.43. The molecule has 0 aliphatic heterocycles. The molecule has 0 saturated carbocycles. The Hall–Kier alpha value is -2.71. The second kappa shape index (κ2) is 8.06. The molecule has 8 nitrogen and oxygen atoms in total. The molecule has 1 atom stereocenters. The fraction of sp³-hybridized carbons (Fsp3) is 0.429. The molecule has 0 radical (unpaired) electrons. The van der Waals surface area contributed by atoms with Crippen molar-refractivity contribution in [2.75, 3.05) is 27.9 Å². The Morgan fingerprint density at radius 2 is 1.78 bits per heavy atom. The molecule has 0 saturated heterocycles. The minimum absolute atomic E-state index is 0.0683. The Bertz CT molecular complexity index is 589. The summed E-state index contributed by atoms with van der Waals surface area (Å²) in [5.41, 5.74) is 0.0841. The zero-order valence-electron chi connectivity index (χ0n) is 12.8. The highest BCUT2D eigenvalue weighted by atomic mass is 19.1. The van der Waals surface area contributed by atoms with E-state index in [-0.39, 0.29) is 11.3 Å². The van der Waals surface area contributed by atoms with E-state index in [1.54, 1.807) is 0 Å². The van der Waals surface area contributed by atoms with E-state index in [4.69, 9.17) is 4.74 Å². The van der Waals surface area contributed by atoms with Crippen LogP contribution in [0.1, 0.15) is 11.5 Å². The van der Waals surface area contributed by atoms with Crippen LogP contribution in [0.3, 0.4) is 0 Å². The fourth-order valence-electron chi connectivity index (χ4n) is 2.16. The Labute approximate surface area is 131 Å². The predicted molar refractivity (Wildman–Crippen MR) is 75.1 cm³/mol. The molecule has 0 N–H and O–H groups in total. The monoisotopic (exact) mass is 329 g/mol. The molecule has 1 unspecified atom stereocenters. The lowest BCUT2D eigenvalue weighted by Gasteiger charge is -2.21. The third-order valence-electron chi connectivity index (χ3n) is 3.26. The van der Waals surface area contributed by atoms with Crippen LogP contribution in [0.5, 0.6) is 5.75 Å². The van der Waals surface area contributed by atoms with Crippen LogP contribution >= 0.6 is 0 Å². The van der Waals surface area contributed by atoms with Crippen molar-refractivity contribution in [3.63, 3.8) is 0 Å². The summed E-state index contributed by atoms with van der Waals surface area (Å²) in [6.07, 6.45) is 0. The summed E-state index contributed by atoms with van der Waals surface area (Å²) in [5, 5.41) is 10.9. The van der Waals surface area contributed by atoms with E-state index < -0.39 is 41.1 Å². The highest BCUT2D eigenvalue weighted by Crippen LogP contribution is 2.30. The standard InChI is InChI=1S/C14H16FNO7/c1-21-11-5-4-8(6-10(11)15)9(7-16(19)20)12(13(17)22-2)14(18)23-3/h4-6,9,12H,7H2,1-3H3. The summed E-state index contributed by atoms with van der Waals surface area (Å²) < 4.78 is 27.6. The zero-order chi connectivity index (χ0) is 17.6. The molecule has 0 amide bonds. The van der Waals surface area contributed by atoms with E-state index in [0.717, 1.165) is 20.3 Å². The summed E-state index contributed by atoms with van der Waals surface area (Å²) in [6, 6.07) is 3.57. The van der Waals surface area contributed by atoms with Gasteiger partial charge < -0.3 is 14.2 Å². The molecule has 126 valence electrons. The Balaban J connectivity index is 3.35. The first-order valence-corrected chi connectivity index (χ1v) is 6.46. The van der Waals surface area contributed by atoms with Crippen molar-refractivity contribution in [3.8, 4) is 5.75 Å². The largest absolute Gasteiger partial charge is 0.494 e. The maximum absolute atomic E-state index is 13.9. The summed E-state index contributed by atoms with van der Waals surface area (Å²) in [5.74, 6) is -5.67. The van der Waals surface area contributed by atoms with Gasteiger partial charge in [0.05, 0.1) is 27.2 Å². The van der Waals surface area contributed by atoms with Gasteiger partial charge in [-0.05, 0) is 17.7 Å². The number of hydrogen-bond acceptors (Lipinski definition) is 7. The number of carbonyl (C=O) groups is 2. The number of methoxy groups -OCH3 is 3. The molecule has 1 aromatic carbocycles. The molecule has 0 spiro atoms. The van der Waals surface area contributed by atoms with Crippen LogP contribution in [0.15, 0.2) is 18.2 Å². The van der Waals surface area contributed by atoms with Crippen molar-refractivity contribution in [1.82, 2.24) is 0 Å². The van der Waals surface area contributed by atoms with E-state index in [1.807, 2.05) is 0 Å². The van der Waals surface area contributed by atoms with E-state index in [9.17, 15) is 24.1 Å². The maximum atomic E-state index is 13.9. The molecule has 0 heterocycles. The number of esters is 2. The lowest BCUT2D eigenvalue weighted by atomic mass is 9.85. The predicted octanol–water partition coefficient (Wildman–Crippen LogP) is 1.16. The number of carbonyl (C=O) groups excluding carboxylic acids is 2. The molecule has 0 bridgehead atoms. The van der Waals surface area contributed by atoms with Gasteiger partial charge in [-0.2, -0.15) is 0 Å². The first kappa shape index (κ1) is 18.3. The smallest absolute Gasteiger partial charge is 0.320 e. The SMILES string of the molecule is COC(=O)C(C(=O)OC)C(C[N+](=O)[O-])c1ccc(OC)c(F)c1. The lowest BCUT2D eigenvalue weighted by molar-refractivity contribution is -0.484. The Morgan fingerprint density at radius 1 is 1.22 bits per heavy atom. The molecule has 0 aliphatic carbocycles. The van der Waals surface area contributed by atoms with Crippen molar-refractivity contribution in [1.29, 1.82) is 0 Å². The highest BCUT2D eigenvalue weighted by Gasteiger charge is 2.41. The van der Waals surface area contributed by atoms with E-state index in [0.29, 0.717) is 0 Å². The van der Waals surface area contributed by atoms with Gasteiger partial charge in [-0.25, -0.2) is 4.39 Å². The number of nitro groups is 1. The quantitative estimate of drug-likeness (QED) is 0.320. The van der Waals surface area contributed by atoms with Crippen LogP contribution in [0.4, 0.5) is 4.39 Å². The molecule has 1 aromatic rings. The van der Waals surface area contributed by atoms with Crippen LogP contribution < -0.4 is 4.74 Å². The molecule has 0 aromatic heterocycles. The molecular weight excluding hydrogens is 313 g/mol. The van der Waals surface area contributed by atoms with Crippen LogP contribution in [-0.4, -0.2) is 44.7 Å². The van der Waals surface area contributed by atoms with Gasteiger partial charge in [0.1, 0.15) is 0 Å².